The van der Waals surface area contributed by atoms with E-state index in [2.05, 4.69) is 41.5 Å². The fourth-order valence-corrected chi connectivity index (χ4v) is 7.73. The van der Waals surface area contributed by atoms with Crippen molar-refractivity contribution >= 4 is 83.8 Å². The van der Waals surface area contributed by atoms with Crippen molar-refractivity contribution < 1.29 is 41.8 Å². The van der Waals surface area contributed by atoms with Gasteiger partial charge in [0.05, 0.1) is 23.9 Å². The Morgan fingerprint density at radius 3 is 2.47 bits per heavy atom. The van der Waals surface area contributed by atoms with E-state index >= 15 is 0 Å². The zero-order chi connectivity index (χ0) is 38.6. The predicted molar refractivity (Wildman–Crippen MR) is 201 cm³/mol. The number of ether oxygens (including phenoxy) is 2. The number of alkyl halides is 4. The number of aromatic amines is 2. The van der Waals surface area contributed by atoms with Crippen molar-refractivity contribution in [3.63, 3.8) is 0 Å². The number of H-pyrrole nitrogens is 2. The number of esters is 1. The summed E-state index contributed by atoms with van der Waals surface area (Å²) in [5, 5.41) is 8.38. The zero-order valence-corrected chi connectivity index (χ0v) is 30.6. The molecule has 17 heteroatoms. The van der Waals surface area contributed by atoms with Crippen LogP contribution in [0.3, 0.4) is 0 Å². The number of carbonyl (C=O) groups is 4. The Balaban J connectivity index is 1.17. The minimum atomic E-state index is -5.01. The van der Waals surface area contributed by atoms with Crippen molar-refractivity contribution in [2.45, 2.75) is 12.1 Å². The van der Waals surface area contributed by atoms with Gasteiger partial charge in [-0.05, 0) is 41.3 Å². The minimum Gasteiger partial charge on any atom is -0.465 e. The molecule has 13 nitrogen and oxygen atoms in total. The number of nitrogens with one attached hydrogen (secondary N) is 4. The van der Waals surface area contributed by atoms with Crippen LogP contribution in [0.2, 0.25) is 0 Å². The first-order chi connectivity index (χ1) is 26.4. The Kier molecular flexibility index (Phi) is 9.21. The molecule has 5 heterocycles. The van der Waals surface area contributed by atoms with Crippen LogP contribution in [0.25, 0.3) is 32.6 Å². The van der Waals surface area contributed by atoms with Crippen LogP contribution in [0, 0.1) is 0 Å². The van der Waals surface area contributed by atoms with Crippen molar-refractivity contribution in [2.24, 2.45) is 0 Å². The highest BCUT2D eigenvalue weighted by Crippen LogP contribution is 2.50. The average molecular weight is 819 g/mol. The maximum absolute atomic E-state index is 14.5. The van der Waals surface area contributed by atoms with Gasteiger partial charge in [0.1, 0.15) is 17.1 Å². The lowest BCUT2D eigenvalue weighted by Gasteiger charge is -2.26. The van der Waals surface area contributed by atoms with Crippen LogP contribution < -0.4 is 20.3 Å². The number of amides is 3. The van der Waals surface area contributed by atoms with Gasteiger partial charge in [0.15, 0.2) is 5.75 Å². The second-order valence-corrected chi connectivity index (χ2v) is 13.8. The molecule has 1 unspecified atom stereocenters. The van der Waals surface area contributed by atoms with Crippen molar-refractivity contribution in [1.82, 2.24) is 25.2 Å². The topological polar surface area (TPSA) is 162 Å². The standard InChI is InChI=1S/C38H31BrF3N7O6/c1-54-36(52)31-30-29-22(16-39)18-49(27(29)15-28(32(30)47-33(31)38(40,41)42)55-37(53)48-10-8-43-9-11-48)35(51)26-14-21-12-23(6-7-24(21)46-26)45-34(50)25-13-19-4-2-3-5-20(19)17-44-25/h2-7,12-15,17,22,43,46-47H,8-11,16,18H2,1H3,(H,45,50). The van der Waals surface area contributed by atoms with Gasteiger partial charge in [0.25, 0.3) is 11.8 Å². The van der Waals surface area contributed by atoms with Crippen LogP contribution in [-0.4, -0.2) is 88.9 Å². The molecule has 2 aliphatic rings. The van der Waals surface area contributed by atoms with Crippen molar-refractivity contribution in [3.8, 4) is 5.75 Å². The number of methoxy groups -OCH3 is 1. The molecule has 2 aliphatic heterocycles. The number of rotatable bonds is 6. The minimum absolute atomic E-state index is 0.0201. The summed E-state index contributed by atoms with van der Waals surface area (Å²) in [4.78, 5) is 66.3. The Hall–Kier alpha value is -5.94. The van der Waals surface area contributed by atoms with Crippen molar-refractivity contribution in [3.05, 3.63) is 95.1 Å². The van der Waals surface area contributed by atoms with E-state index < -0.39 is 47.2 Å². The van der Waals surface area contributed by atoms with E-state index in [1.165, 1.54) is 15.9 Å². The summed E-state index contributed by atoms with van der Waals surface area (Å²) >= 11 is 3.45. The van der Waals surface area contributed by atoms with E-state index in [4.69, 9.17) is 9.47 Å². The normalized spacial score (nSPS) is 15.8. The molecule has 3 aromatic heterocycles. The molecule has 4 N–H and O–H groups in total. The molecule has 1 saturated heterocycles. The molecule has 0 aliphatic carbocycles. The fourth-order valence-electron chi connectivity index (χ4n) is 7.20. The first-order valence-corrected chi connectivity index (χ1v) is 18.3. The Labute approximate surface area is 318 Å². The summed E-state index contributed by atoms with van der Waals surface area (Å²) in [6.45, 7) is 1.63. The monoisotopic (exact) mass is 817 g/mol. The zero-order valence-electron chi connectivity index (χ0n) is 29.0. The molecule has 3 amide bonds. The Morgan fingerprint density at radius 2 is 1.75 bits per heavy atom. The van der Waals surface area contributed by atoms with Gasteiger partial charge in [-0.25, -0.2) is 9.59 Å². The van der Waals surface area contributed by atoms with E-state index in [9.17, 15) is 32.3 Å². The maximum atomic E-state index is 14.5. The molecule has 0 radical (unpaired) electrons. The van der Waals surface area contributed by atoms with Crippen molar-refractivity contribution in [1.29, 1.82) is 0 Å². The summed E-state index contributed by atoms with van der Waals surface area (Å²) in [6.07, 6.45) is -4.18. The van der Waals surface area contributed by atoms with Crippen LogP contribution in [-0.2, 0) is 10.9 Å². The highest BCUT2D eigenvalue weighted by molar-refractivity contribution is 9.09. The van der Waals surface area contributed by atoms with Crippen LogP contribution in [0.15, 0.2) is 66.9 Å². The highest BCUT2D eigenvalue weighted by atomic mass is 79.9. The van der Waals surface area contributed by atoms with Crippen LogP contribution in [0.4, 0.5) is 29.3 Å². The van der Waals surface area contributed by atoms with Gasteiger partial charge in [-0.3, -0.25) is 14.6 Å². The quantitative estimate of drug-likeness (QED) is 0.106. The molecule has 1 atom stereocenters. The second-order valence-electron chi connectivity index (χ2n) is 13.1. The van der Waals surface area contributed by atoms with Gasteiger partial charge in [0, 0.05) is 83.6 Å². The SMILES string of the molecule is COC(=O)c1c(C(F)(F)F)[nH]c2c(OC(=O)N3CCNCC3)cc3c(c12)C(CBr)CN3C(=O)c1cc2cc(NC(=O)c3cc4ccccc4cn3)ccc2[nH]1. The van der Waals surface area contributed by atoms with E-state index in [0.29, 0.717) is 42.8 Å². The maximum Gasteiger partial charge on any atom is 0.432 e. The molecule has 6 aromatic rings. The summed E-state index contributed by atoms with van der Waals surface area (Å²) in [5.74, 6) is -3.06. The number of aromatic nitrogens is 3. The molecule has 0 bridgehead atoms. The number of hydrogen-bond acceptors (Lipinski definition) is 8. The molecule has 0 spiro atoms. The molecular formula is C38H31BrF3N7O6. The third-order valence-corrected chi connectivity index (χ3v) is 10.6. The first kappa shape index (κ1) is 36.1. The lowest BCUT2D eigenvalue weighted by molar-refractivity contribution is -0.141. The average Bonchev–Trinajstić information content (AvgIpc) is 3.91. The van der Waals surface area contributed by atoms with Gasteiger partial charge in [-0.15, -0.1) is 0 Å². The molecular weight excluding hydrogens is 787 g/mol. The number of anilines is 2. The predicted octanol–water partition coefficient (Wildman–Crippen LogP) is 6.80. The molecule has 8 rings (SSSR count). The van der Waals surface area contributed by atoms with E-state index in [0.717, 1.165) is 17.9 Å². The number of piperazine rings is 1. The third kappa shape index (κ3) is 6.52. The number of benzene rings is 3. The van der Waals surface area contributed by atoms with Crippen LogP contribution in [0.1, 0.15) is 48.5 Å². The van der Waals surface area contributed by atoms with Crippen molar-refractivity contribution in [2.75, 3.05) is 55.4 Å². The first-order valence-electron chi connectivity index (χ1n) is 17.2. The van der Waals surface area contributed by atoms with Gasteiger partial charge < -0.3 is 39.9 Å². The smallest absolute Gasteiger partial charge is 0.432 e. The number of fused-ring (bicyclic) bond motifs is 5. The summed E-state index contributed by atoms with van der Waals surface area (Å²) in [7, 11) is 0.973. The molecule has 0 saturated carbocycles. The second kappa shape index (κ2) is 14.0. The number of hydrogen-bond donors (Lipinski definition) is 4. The van der Waals surface area contributed by atoms with Gasteiger partial charge in [-0.2, -0.15) is 13.2 Å². The van der Waals surface area contributed by atoms with E-state index in [1.54, 1.807) is 36.5 Å². The number of halogens is 4. The van der Waals surface area contributed by atoms with E-state index in [-0.39, 0.29) is 51.2 Å². The molecule has 3 aromatic carbocycles. The lowest BCUT2D eigenvalue weighted by atomic mass is 9.95. The lowest BCUT2D eigenvalue weighted by Crippen LogP contribution is -2.47. The third-order valence-electron chi connectivity index (χ3n) is 9.81. The molecule has 1 fully saturated rings. The number of nitrogens with zero attached hydrogens (tertiary/aromatic N) is 3. The summed E-state index contributed by atoms with van der Waals surface area (Å²) < 4.78 is 54.1. The summed E-state index contributed by atoms with van der Waals surface area (Å²) in [6, 6.07) is 17.3. The largest absolute Gasteiger partial charge is 0.465 e. The summed E-state index contributed by atoms with van der Waals surface area (Å²) in [5.41, 5.74) is -0.520. The van der Waals surface area contributed by atoms with Gasteiger partial charge in [-0.1, -0.05) is 40.2 Å². The Bertz CT molecular complexity index is 2550. The van der Waals surface area contributed by atoms with Gasteiger partial charge in [0.2, 0.25) is 0 Å². The number of carbonyl (C=O) groups excluding carboxylic acids is 4. The van der Waals surface area contributed by atoms with E-state index in [1.807, 2.05) is 24.3 Å². The van der Waals surface area contributed by atoms with Crippen LogP contribution >= 0.6 is 15.9 Å². The Morgan fingerprint density at radius 1 is 0.982 bits per heavy atom. The fraction of sp³-hybridized carbons (Fsp3) is 0.237. The highest BCUT2D eigenvalue weighted by Gasteiger charge is 2.44. The number of pyridine rings is 1. The van der Waals surface area contributed by atoms with Crippen LogP contribution in [0.5, 0.6) is 5.75 Å². The van der Waals surface area contributed by atoms with Gasteiger partial charge >= 0.3 is 18.2 Å². The molecule has 282 valence electrons. The molecule has 55 heavy (non-hydrogen) atoms.